The molecule has 4 heteroatoms. The number of hydrogen-bond donors (Lipinski definition) is 1. The quantitative estimate of drug-likeness (QED) is 0.899. The molecule has 1 fully saturated rings. The van der Waals surface area contributed by atoms with Crippen LogP contribution in [0.5, 0.6) is 5.75 Å². The smallest absolute Gasteiger partial charge is 0.133 e. The molecule has 2 nitrogen and oxygen atoms in total. The van der Waals surface area contributed by atoms with Gasteiger partial charge in [0.25, 0.3) is 0 Å². The van der Waals surface area contributed by atoms with Crippen LogP contribution in [0.25, 0.3) is 0 Å². The average molecular weight is 307 g/mol. The fourth-order valence-electron chi connectivity index (χ4n) is 2.04. The Kier molecular flexibility index (Phi) is 5.59. The molecular formula is C12H17BrClNO. The van der Waals surface area contributed by atoms with Crippen molar-refractivity contribution in [2.75, 3.05) is 13.7 Å². The van der Waals surface area contributed by atoms with E-state index in [-0.39, 0.29) is 12.4 Å². The summed E-state index contributed by atoms with van der Waals surface area (Å²) in [6.45, 7) is 1.13. The summed E-state index contributed by atoms with van der Waals surface area (Å²) >= 11 is 3.52. The maximum absolute atomic E-state index is 5.22. The van der Waals surface area contributed by atoms with Crippen LogP contribution < -0.4 is 10.1 Å². The summed E-state index contributed by atoms with van der Waals surface area (Å²) in [5.74, 6) is 0.898. The van der Waals surface area contributed by atoms with Crippen molar-refractivity contribution < 1.29 is 4.74 Å². The summed E-state index contributed by atoms with van der Waals surface area (Å²) in [6, 6.07) is 6.84. The van der Waals surface area contributed by atoms with E-state index in [1.54, 1.807) is 7.11 Å². The lowest BCUT2D eigenvalue weighted by atomic mass is 9.97. The zero-order valence-corrected chi connectivity index (χ0v) is 11.7. The molecule has 1 atom stereocenters. The summed E-state index contributed by atoms with van der Waals surface area (Å²) in [5, 5.41) is 3.54. The number of rotatable bonds is 2. The zero-order chi connectivity index (χ0) is 10.7. The van der Waals surface area contributed by atoms with E-state index in [0.717, 1.165) is 16.8 Å². The Morgan fingerprint density at radius 3 is 2.75 bits per heavy atom. The fraction of sp³-hybridized carbons (Fsp3) is 0.500. The van der Waals surface area contributed by atoms with Crippen molar-refractivity contribution in [2.24, 2.45) is 0 Å². The van der Waals surface area contributed by atoms with Crippen LogP contribution in [0.1, 0.15) is 30.9 Å². The third-order valence-electron chi connectivity index (χ3n) is 2.89. The number of hydrogen-bond acceptors (Lipinski definition) is 2. The predicted octanol–water partition coefficient (Wildman–Crippen LogP) is 3.69. The number of methoxy groups -OCH3 is 1. The van der Waals surface area contributed by atoms with E-state index in [1.807, 2.05) is 6.07 Å². The van der Waals surface area contributed by atoms with Crippen LogP contribution in [0.15, 0.2) is 22.7 Å². The first-order valence-corrected chi connectivity index (χ1v) is 6.17. The van der Waals surface area contributed by atoms with Crippen LogP contribution in [0, 0.1) is 0 Å². The van der Waals surface area contributed by atoms with Crippen molar-refractivity contribution in [1.29, 1.82) is 0 Å². The van der Waals surface area contributed by atoms with Crippen molar-refractivity contribution in [1.82, 2.24) is 5.32 Å². The topological polar surface area (TPSA) is 21.3 Å². The van der Waals surface area contributed by atoms with E-state index in [2.05, 4.69) is 33.4 Å². The summed E-state index contributed by atoms with van der Waals surface area (Å²) in [6.07, 6.45) is 3.86. The van der Waals surface area contributed by atoms with Gasteiger partial charge >= 0.3 is 0 Å². The Bertz CT molecular complexity index is 340. The molecule has 16 heavy (non-hydrogen) atoms. The first kappa shape index (κ1) is 13.8. The van der Waals surface area contributed by atoms with Gasteiger partial charge in [0.05, 0.1) is 11.6 Å². The lowest BCUT2D eigenvalue weighted by Crippen LogP contribution is -2.26. The van der Waals surface area contributed by atoms with Crippen molar-refractivity contribution >= 4 is 28.3 Å². The normalized spacial score (nSPS) is 20.0. The van der Waals surface area contributed by atoms with E-state index in [1.165, 1.54) is 24.8 Å². The molecule has 1 heterocycles. The molecule has 0 saturated carbocycles. The highest BCUT2D eigenvalue weighted by molar-refractivity contribution is 9.10. The molecule has 0 aliphatic carbocycles. The van der Waals surface area contributed by atoms with Gasteiger partial charge in [0.2, 0.25) is 0 Å². The second-order valence-corrected chi connectivity index (χ2v) is 4.75. The summed E-state index contributed by atoms with van der Waals surface area (Å²) in [5.41, 5.74) is 1.35. The fourth-order valence-corrected chi connectivity index (χ4v) is 2.59. The van der Waals surface area contributed by atoms with Crippen LogP contribution in [-0.4, -0.2) is 13.7 Å². The van der Waals surface area contributed by atoms with Gasteiger partial charge in [-0.25, -0.2) is 0 Å². The van der Waals surface area contributed by atoms with Gasteiger partial charge in [0, 0.05) is 6.04 Å². The van der Waals surface area contributed by atoms with Gasteiger partial charge in [-0.3, -0.25) is 0 Å². The van der Waals surface area contributed by atoms with Gasteiger partial charge < -0.3 is 10.1 Å². The van der Waals surface area contributed by atoms with Gasteiger partial charge in [-0.05, 0) is 53.0 Å². The van der Waals surface area contributed by atoms with Crippen LogP contribution in [0.4, 0.5) is 0 Å². The Hall–Kier alpha value is -0.250. The minimum atomic E-state index is 0. The van der Waals surface area contributed by atoms with Gasteiger partial charge in [-0.2, -0.15) is 0 Å². The number of piperidine rings is 1. The molecule has 0 spiro atoms. The summed E-state index contributed by atoms with van der Waals surface area (Å²) in [7, 11) is 1.69. The maximum atomic E-state index is 5.22. The molecule has 0 radical (unpaired) electrons. The molecule has 90 valence electrons. The number of nitrogens with one attached hydrogen (secondary N) is 1. The Balaban J connectivity index is 0.00000128. The molecule has 0 bridgehead atoms. The van der Waals surface area contributed by atoms with Crippen LogP contribution in [-0.2, 0) is 0 Å². The first-order chi connectivity index (χ1) is 7.31. The Morgan fingerprint density at radius 2 is 2.19 bits per heavy atom. The largest absolute Gasteiger partial charge is 0.496 e. The van der Waals surface area contributed by atoms with Crippen LogP contribution >= 0.6 is 28.3 Å². The molecule has 0 unspecified atom stereocenters. The van der Waals surface area contributed by atoms with E-state index >= 15 is 0 Å². The summed E-state index contributed by atoms with van der Waals surface area (Å²) < 4.78 is 6.26. The highest BCUT2D eigenvalue weighted by Gasteiger charge is 2.15. The lowest BCUT2D eigenvalue weighted by molar-refractivity contribution is 0.404. The van der Waals surface area contributed by atoms with Crippen molar-refractivity contribution in [3.63, 3.8) is 0 Å². The van der Waals surface area contributed by atoms with Crippen LogP contribution in [0.3, 0.4) is 0 Å². The van der Waals surface area contributed by atoms with E-state index in [0.29, 0.717) is 6.04 Å². The first-order valence-electron chi connectivity index (χ1n) is 5.38. The van der Waals surface area contributed by atoms with E-state index < -0.39 is 0 Å². The predicted molar refractivity (Wildman–Crippen MR) is 72.5 cm³/mol. The second-order valence-electron chi connectivity index (χ2n) is 3.90. The molecule has 0 aromatic heterocycles. The van der Waals surface area contributed by atoms with Gasteiger partial charge in [0.1, 0.15) is 5.75 Å². The summed E-state index contributed by atoms with van der Waals surface area (Å²) in [4.78, 5) is 0. The third kappa shape index (κ3) is 3.12. The van der Waals surface area contributed by atoms with Crippen molar-refractivity contribution in [3.8, 4) is 5.75 Å². The van der Waals surface area contributed by atoms with Crippen LogP contribution in [0.2, 0.25) is 0 Å². The minimum absolute atomic E-state index is 0. The van der Waals surface area contributed by atoms with Gasteiger partial charge in [-0.15, -0.1) is 12.4 Å². The molecular weight excluding hydrogens is 289 g/mol. The molecule has 1 N–H and O–H groups in total. The number of halogens is 2. The number of benzene rings is 1. The maximum Gasteiger partial charge on any atom is 0.133 e. The Morgan fingerprint density at radius 1 is 1.38 bits per heavy atom. The standard InChI is InChI=1S/C12H16BrNO.ClH/c1-15-12-6-5-9(8-10(12)13)11-4-2-3-7-14-11;/h5-6,8,11,14H,2-4,7H2,1H3;1H/t11-;/m1./s1. The lowest BCUT2D eigenvalue weighted by Gasteiger charge is -2.24. The average Bonchev–Trinajstić information content (AvgIpc) is 2.30. The van der Waals surface area contributed by atoms with E-state index in [9.17, 15) is 0 Å². The molecule has 2 rings (SSSR count). The molecule has 0 amide bonds. The molecule has 1 aliphatic rings. The minimum Gasteiger partial charge on any atom is -0.496 e. The molecule has 1 aliphatic heterocycles. The molecule has 1 aromatic rings. The van der Waals surface area contributed by atoms with Crippen molar-refractivity contribution in [2.45, 2.75) is 25.3 Å². The van der Waals surface area contributed by atoms with Gasteiger partial charge in [0.15, 0.2) is 0 Å². The SMILES string of the molecule is COc1ccc([C@H]2CCCCN2)cc1Br.Cl. The number of ether oxygens (including phenoxy) is 1. The highest BCUT2D eigenvalue weighted by atomic mass is 79.9. The Labute approximate surface area is 111 Å². The highest BCUT2D eigenvalue weighted by Crippen LogP contribution is 2.30. The monoisotopic (exact) mass is 305 g/mol. The molecule has 1 saturated heterocycles. The van der Waals surface area contributed by atoms with Gasteiger partial charge in [-0.1, -0.05) is 12.5 Å². The zero-order valence-electron chi connectivity index (χ0n) is 9.33. The third-order valence-corrected chi connectivity index (χ3v) is 3.51. The second kappa shape index (κ2) is 6.48. The molecule has 1 aromatic carbocycles. The van der Waals surface area contributed by atoms with E-state index in [4.69, 9.17) is 4.74 Å². The van der Waals surface area contributed by atoms with Crippen molar-refractivity contribution in [3.05, 3.63) is 28.2 Å².